The smallest absolute Gasteiger partial charge is 0.337 e. The number of ether oxygens (including phenoxy) is 1. The van der Waals surface area contributed by atoms with Crippen LogP contribution in [-0.2, 0) is 9.53 Å². The third kappa shape index (κ3) is 8.48. The summed E-state index contributed by atoms with van der Waals surface area (Å²) in [7, 11) is 0. The zero-order valence-electron chi connectivity index (χ0n) is 11.7. The first-order chi connectivity index (χ1) is 8.63. The highest BCUT2D eigenvalue weighted by Crippen LogP contribution is 2.11. The lowest BCUT2D eigenvalue weighted by molar-refractivity contribution is -0.159. The van der Waals surface area contributed by atoms with Crippen LogP contribution in [0.5, 0.6) is 0 Å². The van der Waals surface area contributed by atoms with Crippen molar-refractivity contribution in [2.24, 2.45) is 0 Å². The number of aliphatic hydroxyl groups is 2. The van der Waals surface area contributed by atoms with Crippen molar-refractivity contribution in [1.29, 1.82) is 0 Å². The molecule has 0 bridgehead atoms. The summed E-state index contributed by atoms with van der Waals surface area (Å²) in [5.41, 5.74) is 0. The fourth-order valence-corrected chi connectivity index (χ4v) is 1.85. The molecule has 0 radical (unpaired) electrons. The van der Waals surface area contributed by atoms with Crippen molar-refractivity contribution in [3.63, 3.8) is 0 Å². The Morgan fingerprint density at radius 3 is 2.11 bits per heavy atom. The zero-order chi connectivity index (χ0) is 13.8. The molecule has 0 spiro atoms. The molecule has 108 valence electrons. The van der Waals surface area contributed by atoms with Gasteiger partial charge in [-0.1, -0.05) is 51.9 Å². The maximum absolute atomic E-state index is 11.2. The number of hydrogen-bond acceptors (Lipinski definition) is 4. The summed E-state index contributed by atoms with van der Waals surface area (Å²) < 4.78 is 4.65. The van der Waals surface area contributed by atoms with Crippen LogP contribution >= 0.6 is 0 Å². The van der Waals surface area contributed by atoms with Crippen LogP contribution in [0.2, 0.25) is 0 Å². The molecule has 4 nitrogen and oxygen atoms in total. The Morgan fingerprint density at radius 2 is 1.56 bits per heavy atom. The largest absolute Gasteiger partial charge is 0.464 e. The molecule has 0 aliphatic rings. The summed E-state index contributed by atoms with van der Waals surface area (Å²) in [5.74, 6) is -0.729. The quantitative estimate of drug-likeness (QED) is 0.442. The first kappa shape index (κ1) is 17.4. The van der Waals surface area contributed by atoms with Gasteiger partial charge in [0.05, 0.1) is 12.7 Å². The maximum atomic E-state index is 11.2. The van der Waals surface area contributed by atoms with Gasteiger partial charge in [-0.05, 0) is 13.3 Å². The predicted molar refractivity (Wildman–Crippen MR) is 71.3 cm³/mol. The normalized spacial score (nSPS) is 14.2. The van der Waals surface area contributed by atoms with E-state index in [2.05, 4.69) is 11.7 Å². The second kappa shape index (κ2) is 11.5. The van der Waals surface area contributed by atoms with Gasteiger partial charge < -0.3 is 14.9 Å². The molecule has 2 atom stereocenters. The number of carbonyl (C=O) groups is 1. The third-order valence-corrected chi connectivity index (χ3v) is 3.00. The van der Waals surface area contributed by atoms with Crippen LogP contribution in [0, 0.1) is 0 Å². The van der Waals surface area contributed by atoms with E-state index in [9.17, 15) is 15.0 Å². The van der Waals surface area contributed by atoms with Gasteiger partial charge in [-0.15, -0.1) is 0 Å². The van der Waals surface area contributed by atoms with E-state index in [1.807, 2.05) is 0 Å². The molecule has 4 heteroatoms. The number of rotatable bonds is 11. The summed E-state index contributed by atoms with van der Waals surface area (Å²) in [6.07, 6.45) is 6.10. The SMILES string of the molecule is CCCCCCCCC[C@H](O)[C@@H](O)C(=O)OCC. The minimum atomic E-state index is -1.40. The monoisotopic (exact) mass is 260 g/mol. The van der Waals surface area contributed by atoms with E-state index in [1.54, 1.807) is 6.92 Å². The summed E-state index contributed by atoms with van der Waals surface area (Å²) in [5, 5.41) is 19.1. The predicted octanol–water partition coefficient (Wildman–Crippen LogP) is 2.41. The molecule has 0 saturated heterocycles. The Labute approximate surface area is 110 Å². The average molecular weight is 260 g/mol. The van der Waals surface area contributed by atoms with E-state index in [-0.39, 0.29) is 6.61 Å². The molecular weight excluding hydrogens is 232 g/mol. The van der Waals surface area contributed by atoms with Crippen LogP contribution in [-0.4, -0.2) is 35.0 Å². The van der Waals surface area contributed by atoms with Crippen LogP contribution in [0.1, 0.15) is 65.2 Å². The molecular formula is C14H28O4. The molecule has 0 heterocycles. The van der Waals surface area contributed by atoms with Gasteiger partial charge in [0.2, 0.25) is 0 Å². The minimum absolute atomic E-state index is 0.222. The van der Waals surface area contributed by atoms with Gasteiger partial charge in [0.1, 0.15) is 0 Å². The number of unbranched alkanes of at least 4 members (excludes halogenated alkanes) is 6. The van der Waals surface area contributed by atoms with Crippen molar-refractivity contribution in [3.05, 3.63) is 0 Å². The molecule has 0 saturated carbocycles. The lowest BCUT2D eigenvalue weighted by Crippen LogP contribution is -2.35. The molecule has 2 N–H and O–H groups in total. The van der Waals surface area contributed by atoms with Gasteiger partial charge in [-0.25, -0.2) is 4.79 Å². The molecule has 0 aromatic carbocycles. The average Bonchev–Trinajstić information content (AvgIpc) is 2.36. The van der Waals surface area contributed by atoms with Crippen molar-refractivity contribution in [2.45, 2.75) is 77.4 Å². The summed E-state index contributed by atoms with van der Waals surface area (Å²) in [6, 6.07) is 0. The molecule has 0 aliphatic carbocycles. The second-order valence-electron chi connectivity index (χ2n) is 4.67. The molecule has 0 unspecified atom stereocenters. The van der Waals surface area contributed by atoms with Crippen molar-refractivity contribution < 1.29 is 19.7 Å². The van der Waals surface area contributed by atoms with Crippen molar-refractivity contribution in [3.8, 4) is 0 Å². The number of carbonyl (C=O) groups excluding carboxylic acids is 1. The third-order valence-electron chi connectivity index (χ3n) is 3.00. The van der Waals surface area contributed by atoms with E-state index in [0.717, 1.165) is 19.3 Å². The Bertz CT molecular complexity index is 206. The van der Waals surface area contributed by atoms with Crippen molar-refractivity contribution in [2.75, 3.05) is 6.61 Å². The molecule has 0 aromatic heterocycles. The second-order valence-corrected chi connectivity index (χ2v) is 4.67. The van der Waals surface area contributed by atoms with Gasteiger partial charge in [0.15, 0.2) is 6.10 Å². The topological polar surface area (TPSA) is 66.8 Å². The molecule has 0 rings (SSSR count). The summed E-state index contributed by atoms with van der Waals surface area (Å²) in [4.78, 5) is 11.2. The van der Waals surface area contributed by atoms with Gasteiger partial charge in [-0.3, -0.25) is 0 Å². The number of hydrogen-bond donors (Lipinski definition) is 2. The first-order valence-electron chi connectivity index (χ1n) is 7.16. The van der Waals surface area contributed by atoms with Crippen LogP contribution in [0.3, 0.4) is 0 Å². The van der Waals surface area contributed by atoms with Crippen LogP contribution < -0.4 is 0 Å². The Balaban J connectivity index is 3.51. The fourth-order valence-electron chi connectivity index (χ4n) is 1.85. The number of aliphatic hydroxyl groups excluding tert-OH is 2. The molecule has 0 fully saturated rings. The summed E-state index contributed by atoms with van der Waals surface area (Å²) in [6.45, 7) is 4.08. The Morgan fingerprint density at radius 1 is 1.00 bits per heavy atom. The molecule has 0 amide bonds. The summed E-state index contributed by atoms with van der Waals surface area (Å²) >= 11 is 0. The van der Waals surface area contributed by atoms with Crippen LogP contribution in [0.25, 0.3) is 0 Å². The van der Waals surface area contributed by atoms with E-state index in [0.29, 0.717) is 6.42 Å². The van der Waals surface area contributed by atoms with Crippen LogP contribution in [0.4, 0.5) is 0 Å². The van der Waals surface area contributed by atoms with Gasteiger partial charge in [0, 0.05) is 0 Å². The van der Waals surface area contributed by atoms with Gasteiger partial charge in [-0.2, -0.15) is 0 Å². The zero-order valence-corrected chi connectivity index (χ0v) is 11.7. The molecule has 0 aromatic rings. The first-order valence-corrected chi connectivity index (χ1v) is 7.16. The highest BCUT2D eigenvalue weighted by Gasteiger charge is 2.24. The van der Waals surface area contributed by atoms with E-state index >= 15 is 0 Å². The lowest BCUT2D eigenvalue weighted by Gasteiger charge is -2.16. The standard InChI is InChI=1S/C14H28O4/c1-3-5-6-7-8-9-10-11-12(15)13(16)14(17)18-4-2/h12-13,15-16H,3-11H2,1-2H3/t12-,13+/m0/s1. The van der Waals surface area contributed by atoms with E-state index in [1.165, 1.54) is 25.7 Å². The maximum Gasteiger partial charge on any atom is 0.337 e. The Hall–Kier alpha value is -0.610. The van der Waals surface area contributed by atoms with Crippen molar-refractivity contribution in [1.82, 2.24) is 0 Å². The molecule has 0 aliphatic heterocycles. The Kier molecular flexibility index (Phi) is 11.1. The van der Waals surface area contributed by atoms with Gasteiger partial charge >= 0.3 is 5.97 Å². The lowest BCUT2D eigenvalue weighted by atomic mass is 10.0. The van der Waals surface area contributed by atoms with E-state index in [4.69, 9.17) is 0 Å². The fraction of sp³-hybridized carbons (Fsp3) is 0.929. The van der Waals surface area contributed by atoms with E-state index < -0.39 is 18.2 Å². The number of esters is 1. The highest BCUT2D eigenvalue weighted by atomic mass is 16.5. The van der Waals surface area contributed by atoms with Crippen molar-refractivity contribution >= 4 is 5.97 Å². The van der Waals surface area contributed by atoms with Crippen LogP contribution in [0.15, 0.2) is 0 Å². The minimum Gasteiger partial charge on any atom is -0.464 e. The highest BCUT2D eigenvalue weighted by molar-refractivity contribution is 5.75. The molecule has 18 heavy (non-hydrogen) atoms. The van der Waals surface area contributed by atoms with Gasteiger partial charge in [0.25, 0.3) is 0 Å².